The Morgan fingerprint density at radius 3 is 2.69 bits per heavy atom. The molecule has 0 spiro atoms. The van der Waals surface area contributed by atoms with Gasteiger partial charge in [-0.25, -0.2) is 9.78 Å². The number of benzene rings is 2. The average molecular weight is 389 g/mol. The number of nitro groups is 1. The molecule has 3 aromatic rings. The van der Waals surface area contributed by atoms with Crippen molar-refractivity contribution in [1.82, 2.24) is 10.3 Å². The molecule has 7 nitrogen and oxygen atoms in total. The smallest absolute Gasteiger partial charge is 0.319 e. The van der Waals surface area contributed by atoms with Crippen molar-refractivity contribution in [3.63, 3.8) is 0 Å². The molecule has 2 aromatic carbocycles. The maximum absolute atomic E-state index is 12.0. The lowest BCUT2D eigenvalue weighted by Crippen LogP contribution is -2.28. The minimum absolute atomic E-state index is 0.0926. The second-order valence-electron chi connectivity index (χ2n) is 5.22. The fourth-order valence-corrected chi connectivity index (χ4v) is 3.14. The molecule has 0 unspecified atom stereocenters. The van der Waals surface area contributed by atoms with E-state index >= 15 is 0 Å². The van der Waals surface area contributed by atoms with Crippen molar-refractivity contribution >= 4 is 40.3 Å². The number of carbonyl (C=O) groups is 1. The summed E-state index contributed by atoms with van der Waals surface area (Å²) >= 11 is 7.39. The molecule has 9 heteroatoms. The van der Waals surface area contributed by atoms with Crippen molar-refractivity contribution in [3.8, 4) is 11.3 Å². The van der Waals surface area contributed by atoms with E-state index in [1.807, 2.05) is 35.7 Å². The summed E-state index contributed by atoms with van der Waals surface area (Å²) in [6, 6.07) is 13.1. The van der Waals surface area contributed by atoms with E-state index in [0.717, 1.165) is 16.3 Å². The quantitative estimate of drug-likeness (QED) is 0.489. The van der Waals surface area contributed by atoms with E-state index in [0.29, 0.717) is 5.69 Å². The van der Waals surface area contributed by atoms with Crippen molar-refractivity contribution in [1.29, 1.82) is 0 Å². The molecule has 0 bridgehead atoms. The molecule has 0 saturated carbocycles. The van der Waals surface area contributed by atoms with Gasteiger partial charge in [0.25, 0.3) is 5.69 Å². The molecule has 0 atom stereocenters. The Hall–Kier alpha value is -2.97. The summed E-state index contributed by atoms with van der Waals surface area (Å²) in [7, 11) is 0. The first-order chi connectivity index (χ1) is 12.5. The summed E-state index contributed by atoms with van der Waals surface area (Å²) < 4.78 is 0. The Bertz CT molecular complexity index is 946. The molecule has 2 amide bonds. The van der Waals surface area contributed by atoms with E-state index in [2.05, 4.69) is 15.6 Å². The van der Waals surface area contributed by atoms with Crippen LogP contribution in [0.15, 0.2) is 53.9 Å². The number of anilines is 1. The lowest BCUT2D eigenvalue weighted by Gasteiger charge is -2.08. The summed E-state index contributed by atoms with van der Waals surface area (Å²) in [5, 5.41) is 18.7. The van der Waals surface area contributed by atoms with Crippen LogP contribution in [-0.4, -0.2) is 15.9 Å². The monoisotopic (exact) mass is 388 g/mol. The summed E-state index contributed by atoms with van der Waals surface area (Å²) in [5.74, 6) is 0. The van der Waals surface area contributed by atoms with E-state index in [4.69, 9.17) is 11.6 Å². The Labute approximate surface area is 157 Å². The van der Waals surface area contributed by atoms with Crippen LogP contribution in [0.5, 0.6) is 0 Å². The minimum atomic E-state index is -0.553. The fourth-order valence-electron chi connectivity index (χ4n) is 2.17. The summed E-state index contributed by atoms with van der Waals surface area (Å²) in [5.41, 5.74) is 2.01. The average Bonchev–Trinajstić information content (AvgIpc) is 3.11. The number of amides is 2. The van der Waals surface area contributed by atoms with Crippen LogP contribution in [0, 0.1) is 10.1 Å². The van der Waals surface area contributed by atoms with Crippen LogP contribution in [-0.2, 0) is 6.54 Å². The third kappa shape index (κ3) is 4.35. The van der Waals surface area contributed by atoms with Crippen molar-refractivity contribution in [2.24, 2.45) is 0 Å². The van der Waals surface area contributed by atoms with Crippen LogP contribution in [0.1, 0.15) is 5.01 Å². The van der Waals surface area contributed by atoms with Crippen molar-refractivity contribution < 1.29 is 9.72 Å². The number of aromatic nitrogens is 1. The first-order valence-corrected chi connectivity index (χ1v) is 8.77. The third-order valence-corrected chi connectivity index (χ3v) is 4.59. The molecule has 1 aromatic heterocycles. The Morgan fingerprint density at radius 2 is 2.00 bits per heavy atom. The van der Waals surface area contributed by atoms with Gasteiger partial charge in [0.1, 0.15) is 5.01 Å². The van der Waals surface area contributed by atoms with Crippen LogP contribution in [0.25, 0.3) is 11.3 Å². The van der Waals surface area contributed by atoms with Gasteiger partial charge in [-0.1, -0.05) is 41.9 Å². The van der Waals surface area contributed by atoms with Gasteiger partial charge in [0.2, 0.25) is 0 Å². The maximum atomic E-state index is 12.0. The second-order valence-corrected chi connectivity index (χ2v) is 6.57. The van der Waals surface area contributed by atoms with E-state index in [1.165, 1.54) is 29.5 Å². The molecule has 3 rings (SSSR count). The molecule has 26 heavy (non-hydrogen) atoms. The standard InChI is InChI=1S/C17H13ClN4O3S/c18-13-8-12(22(24)25)6-7-14(13)21-17(23)19-9-16-20-15(10-26-16)11-4-2-1-3-5-11/h1-8,10H,9H2,(H2,19,21,23). The first-order valence-electron chi connectivity index (χ1n) is 7.51. The number of thiazole rings is 1. The largest absolute Gasteiger partial charge is 0.331 e. The lowest BCUT2D eigenvalue weighted by molar-refractivity contribution is -0.384. The highest BCUT2D eigenvalue weighted by Gasteiger charge is 2.12. The molecule has 0 saturated heterocycles. The zero-order chi connectivity index (χ0) is 18.5. The topological polar surface area (TPSA) is 97.2 Å². The van der Waals surface area contributed by atoms with Gasteiger partial charge in [0, 0.05) is 23.1 Å². The molecule has 0 fully saturated rings. The lowest BCUT2D eigenvalue weighted by atomic mass is 10.2. The highest BCUT2D eigenvalue weighted by Crippen LogP contribution is 2.26. The molecule has 0 aliphatic rings. The number of nitrogens with zero attached hydrogens (tertiary/aromatic N) is 2. The molecule has 2 N–H and O–H groups in total. The predicted octanol–water partition coefficient (Wildman–Crippen LogP) is 4.69. The number of nitrogens with one attached hydrogen (secondary N) is 2. The molecule has 0 aliphatic heterocycles. The predicted molar refractivity (Wildman–Crippen MR) is 102 cm³/mol. The summed E-state index contributed by atoms with van der Waals surface area (Å²) in [6.07, 6.45) is 0. The first kappa shape index (κ1) is 17.8. The van der Waals surface area contributed by atoms with Gasteiger partial charge in [0.15, 0.2) is 0 Å². The Balaban J connectivity index is 1.58. The highest BCUT2D eigenvalue weighted by molar-refractivity contribution is 7.09. The summed E-state index contributed by atoms with van der Waals surface area (Å²) in [6.45, 7) is 0.258. The van der Waals surface area contributed by atoms with Crippen molar-refractivity contribution in [3.05, 3.63) is 74.1 Å². The van der Waals surface area contributed by atoms with E-state index < -0.39 is 11.0 Å². The Morgan fingerprint density at radius 1 is 1.23 bits per heavy atom. The van der Waals surface area contributed by atoms with Gasteiger partial charge in [0.05, 0.1) is 27.9 Å². The molecular formula is C17H13ClN4O3S. The van der Waals surface area contributed by atoms with Gasteiger partial charge < -0.3 is 10.6 Å². The van der Waals surface area contributed by atoms with Crippen LogP contribution >= 0.6 is 22.9 Å². The van der Waals surface area contributed by atoms with Crippen molar-refractivity contribution in [2.75, 3.05) is 5.32 Å². The fraction of sp³-hybridized carbons (Fsp3) is 0.0588. The highest BCUT2D eigenvalue weighted by atomic mass is 35.5. The van der Waals surface area contributed by atoms with Gasteiger partial charge >= 0.3 is 6.03 Å². The molecular weight excluding hydrogens is 376 g/mol. The van der Waals surface area contributed by atoms with Gasteiger partial charge in [-0.15, -0.1) is 11.3 Å². The zero-order valence-electron chi connectivity index (χ0n) is 13.3. The van der Waals surface area contributed by atoms with Crippen LogP contribution in [0.3, 0.4) is 0 Å². The number of carbonyl (C=O) groups excluding carboxylic acids is 1. The van der Waals surface area contributed by atoms with Crippen molar-refractivity contribution in [2.45, 2.75) is 6.54 Å². The number of hydrogen-bond donors (Lipinski definition) is 2. The number of hydrogen-bond acceptors (Lipinski definition) is 5. The number of halogens is 1. The molecule has 0 aliphatic carbocycles. The number of urea groups is 1. The molecule has 132 valence electrons. The SMILES string of the molecule is O=C(NCc1nc(-c2ccccc2)cs1)Nc1ccc([N+](=O)[O-])cc1Cl. The molecule has 1 heterocycles. The maximum Gasteiger partial charge on any atom is 0.319 e. The number of non-ortho nitro benzene ring substituents is 1. The third-order valence-electron chi connectivity index (χ3n) is 3.43. The van der Waals surface area contributed by atoms with Crippen LogP contribution in [0.2, 0.25) is 5.02 Å². The van der Waals surface area contributed by atoms with Crippen LogP contribution < -0.4 is 10.6 Å². The van der Waals surface area contributed by atoms with Gasteiger partial charge in [-0.3, -0.25) is 10.1 Å². The van der Waals surface area contributed by atoms with Gasteiger partial charge in [-0.2, -0.15) is 0 Å². The van der Waals surface area contributed by atoms with E-state index in [9.17, 15) is 14.9 Å². The number of nitro benzene ring substituents is 1. The second kappa shape index (κ2) is 7.94. The molecule has 0 radical (unpaired) electrons. The van der Waals surface area contributed by atoms with E-state index in [1.54, 1.807) is 0 Å². The summed E-state index contributed by atoms with van der Waals surface area (Å²) in [4.78, 5) is 26.6. The zero-order valence-corrected chi connectivity index (χ0v) is 14.9. The Kier molecular flexibility index (Phi) is 5.45. The number of rotatable bonds is 5. The minimum Gasteiger partial charge on any atom is -0.331 e. The van der Waals surface area contributed by atoms with Gasteiger partial charge in [-0.05, 0) is 6.07 Å². The normalized spacial score (nSPS) is 10.3. The van der Waals surface area contributed by atoms with E-state index in [-0.39, 0.29) is 17.3 Å². The van der Waals surface area contributed by atoms with Crippen LogP contribution in [0.4, 0.5) is 16.2 Å².